The number of fused-ring (bicyclic) bond motifs is 1. The highest BCUT2D eigenvalue weighted by Crippen LogP contribution is 2.29. The number of carbonyl (C=O) groups excluding carboxylic acids is 1. The monoisotopic (exact) mass is 336 g/mol. The van der Waals surface area contributed by atoms with Crippen molar-refractivity contribution in [1.29, 1.82) is 0 Å². The third-order valence-corrected chi connectivity index (χ3v) is 4.47. The van der Waals surface area contributed by atoms with Crippen LogP contribution in [0.4, 0.5) is 0 Å². The smallest absolute Gasteiger partial charge is 0.193 e. The molecular weight excluding hydrogens is 318 g/mol. The third kappa shape index (κ3) is 2.86. The number of benzene rings is 3. The summed E-state index contributed by atoms with van der Waals surface area (Å²) in [6.07, 6.45) is 1.88. The van der Waals surface area contributed by atoms with Gasteiger partial charge in [0.2, 0.25) is 0 Å². The van der Waals surface area contributed by atoms with Gasteiger partial charge in [-0.2, -0.15) is 0 Å². The van der Waals surface area contributed by atoms with E-state index < -0.39 is 0 Å². The highest BCUT2D eigenvalue weighted by molar-refractivity contribution is 6.10. The van der Waals surface area contributed by atoms with Gasteiger partial charge in [-0.25, -0.2) is 0 Å². The van der Waals surface area contributed by atoms with Crippen LogP contribution in [-0.2, 0) is 6.54 Å². The standard InChI is InChI=1S/C24H18NO/c1-2-15-25-22-14-13-20(24(26)19-11-7-4-8-12-19)16-21(22)17-23(25)18-9-5-3-6-10-18/h2-14,16H,1,15H2. The van der Waals surface area contributed by atoms with Gasteiger partial charge in [-0.15, -0.1) is 6.58 Å². The number of rotatable bonds is 5. The molecule has 2 heteroatoms. The van der Waals surface area contributed by atoms with Crippen LogP contribution in [0, 0.1) is 6.07 Å². The Bertz CT molecular complexity index is 1080. The molecule has 0 aliphatic heterocycles. The molecule has 1 heterocycles. The molecule has 2 nitrogen and oxygen atoms in total. The van der Waals surface area contributed by atoms with Crippen LogP contribution in [0.2, 0.25) is 0 Å². The highest BCUT2D eigenvalue weighted by Gasteiger charge is 2.14. The first kappa shape index (κ1) is 16.1. The maximum atomic E-state index is 12.7. The Labute approximate surface area is 153 Å². The van der Waals surface area contributed by atoms with Crippen molar-refractivity contribution in [3.63, 3.8) is 0 Å². The van der Waals surface area contributed by atoms with Gasteiger partial charge in [-0.05, 0) is 23.8 Å². The summed E-state index contributed by atoms with van der Waals surface area (Å²) in [5.74, 6) is 0.0265. The summed E-state index contributed by atoms with van der Waals surface area (Å²) in [6, 6.07) is 28.8. The first-order valence-corrected chi connectivity index (χ1v) is 8.59. The van der Waals surface area contributed by atoms with E-state index in [1.807, 2.05) is 72.8 Å². The van der Waals surface area contributed by atoms with Gasteiger partial charge < -0.3 is 4.57 Å². The van der Waals surface area contributed by atoms with Crippen LogP contribution in [0.3, 0.4) is 0 Å². The van der Waals surface area contributed by atoms with E-state index in [2.05, 4.69) is 29.3 Å². The predicted octanol–water partition coefficient (Wildman–Crippen LogP) is 5.53. The average Bonchev–Trinajstić information content (AvgIpc) is 3.07. The quantitative estimate of drug-likeness (QED) is 0.347. The summed E-state index contributed by atoms with van der Waals surface area (Å²) in [7, 11) is 0. The van der Waals surface area contributed by atoms with Gasteiger partial charge in [0.25, 0.3) is 0 Å². The molecule has 4 aromatic rings. The Kier molecular flexibility index (Phi) is 4.24. The fourth-order valence-electron chi connectivity index (χ4n) is 3.23. The molecule has 0 unspecified atom stereocenters. The molecule has 0 fully saturated rings. The van der Waals surface area contributed by atoms with Gasteiger partial charge >= 0.3 is 0 Å². The topological polar surface area (TPSA) is 22.0 Å². The lowest BCUT2D eigenvalue weighted by molar-refractivity contribution is 0.103. The van der Waals surface area contributed by atoms with E-state index >= 15 is 0 Å². The molecule has 1 aromatic heterocycles. The average molecular weight is 336 g/mol. The van der Waals surface area contributed by atoms with Crippen molar-refractivity contribution in [2.45, 2.75) is 6.54 Å². The van der Waals surface area contributed by atoms with E-state index in [9.17, 15) is 4.79 Å². The third-order valence-electron chi connectivity index (χ3n) is 4.47. The Balaban J connectivity index is 1.84. The summed E-state index contributed by atoms with van der Waals surface area (Å²) in [5.41, 5.74) is 4.52. The molecule has 0 aliphatic rings. The molecule has 26 heavy (non-hydrogen) atoms. The molecule has 1 radical (unpaired) electrons. The molecule has 0 spiro atoms. The summed E-state index contributed by atoms with van der Waals surface area (Å²) in [4.78, 5) is 12.7. The van der Waals surface area contributed by atoms with Gasteiger partial charge in [-0.3, -0.25) is 4.79 Å². The molecule has 4 rings (SSSR count). The number of hydrogen-bond acceptors (Lipinski definition) is 1. The van der Waals surface area contributed by atoms with E-state index in [4.69, 9.17) is 0 Å². The minimum Gasteiger partial charge on any atom is -0.336 e. The molecular formula is C24H18NO. The van der Waals surface area contributed by atoms with Gasteiger partial charge in [-0.1, -0.05) is 66.7 Å². The predicted molar refractivity (Wildman–Crippen MR) is 106 cm³/mol. The lowest BCUT2D eigenvalue weighted by Gasteiger charge is -2.08. The number of carbonyl (C=O) groups is 1. The van der Waals surface area contributed by atoms with E-state index in [-0.39, 0.29) is 5.78 Å². The second-order valence-corrected chi connectivity index (χ2v) is 6.17. The molecule has 0 N–H and O–H groups in total. The van der Waals surface area contributed by atoms with Gasteiger partial charge in [0.1, 0.15) is 0 Å². The number of nitrogens with zero attached hydrogens (tertiary/aromatic N) is 1. The minimum atomic E-state index is 0.0265. The molecule has 125 valence electrons. The van der Waals surface area contributed by atoms with Crippen molar-refractivity contribution in [1.82, 2.24) is 4.57 Å². The van der Waals surface area contributed by atoms with E-state index in [1.165, 1.54) is 0 Å². The molecule has 3 aromatic carbocycles. The highest BCUT2D eigenvalue weighted by atomic mass is 16.1. The maximum absolute atomic E-state index is 12.7. The van der Waals surface area contributed by atoms with Crippen molar-refractivity contribution in [2.75, 3.05) is 0 Å². The fraction of sp³-hybridized carbons (Fsp3) is 0.0417. The molecule has 0 atom stereocenters. The number of ketones is 1. The van der Waals surface area contributed by atoms with Crippen LogP contribution < -0.4 is 0 Å². The summed E-state index contributed by atoms with van der Waals surface area (Å²) >= 11 is 0. The van der Waals surface area contributed by atoms with Crippen molar-refractivity contribution in [3.8, 4) is 11.3 Å². The Morgan fingerprint density at radius 3 is 2.31 bits per heavy atom. The van der Waals surface area contributed by atoms with E-state index in [0.717, 1.165) is 22.2 Å². The zero-order valence-electron chi connectivity index (χ0n) is 14.4. The molecule has 0 saturated carbocycles. The number of hydrogen-bond donors (Lipinski definition) is 0. The molecule has 0 saturated heterocycles. The minimum absolute atomic E-state index is 0.0265. The molecule has 0 amide bonds. The molecule has 0 bridgehead atoms. The van der Waals surface area contributed by atoms with E-state index in [1.54, 1.807) is 0 Å². The lowest BCUT2D eigenvalue weighted by Crippen LogP contribution is -2.01. The van der Waals surface area contributed by atoms with Crippen LogP contribution in [-0.4, -0.2) is 10.4 Å². The zero-order valence-corrected chi connectivity index (χ0v) is 14.4. The Morgan fingerprint density at radius 2 is 1.62 bits per heavy atom. The second kappa shape index (κ2) is 6.85. The first-order valence-electron chi connectivity index (χ1n) is 8.59. The van der Waals surface area contributed by atoms with Crippen LogP contribution in [0.15, 0.2) is 91.5 Å². The Hall–Kier alpha value is -3.39. The van der Waals surface area contributed by atoms with Crippen molar-refractivity contribution < 1.29 is 4.79 Å². The van der Waals surface area contributed by atoms with Crippen LogP contribution in [0.25, 0.3) is 22.2 Å². The summed E-state index contributed by atoms with van der Waals surface area (Å²) < 4.78 is 2.18. The van der Waals surface area contributed by atoms with E-state index in [0.29, 0.717) is 17.7 Å². The summed E-state index contributed by atoms with van der Waals surface area (Å²) in [6.45, 7) is 4.56. The number of allylic oxidation sites excluding steroid dienone is 1. The van der Waals surface area contributed by atoms with Crippen LogP contribution >= 0.6 is 0 Å². The van der Waals surface area contributed by atoms with Crippen molar-refractivity contribution >= 4 is 16.7 Å². The molecule has 0 aliphatic carbocycles. The lowest BCUT2D eigenvalue weighted by atomic mass is 10.0. The zero-order chi connectivity index (χ0) is 17.9. The van der Waals surface area contributed by atoms with Gasteiger partial charge in [0, 0.05) is 34.6 Å². The van der Waals surface area contributed by atoms with Crippen molar-refractivity contribution in [2.24, 2.45) is 0 Å². The van der Waals surface area contributed by atoms with Crippen LogP contribution in [0.5, 0.6) is 0 Å². The van der Waals surface area contributed by atoms with Crippen molar-refractivity contribution in [3.05, 3.63) is 109 Å². The fourth-order valence-corrected chi connectivity index (χ4v) is 3.23. The SMILES string of the molecule is C=CCn1c(-c2ccccc2)[c]c2cc(C(=O)c3ccccc3)ccc21. The summed E-state index contributed by atoms with van der Waals surface area (Å²) in [5, 5.41) is 0.937. The Morgan fingerprint density at radius 1 is 0.923 bits per heavy atom. The second-order valence-electron chi connectivity index (χ2n) is 6.17. The number of aromatic nitrogens is 1. The largest absolute Gasteiger partial charge is 0.336 e. The first-order chi connectivity index (χ1) is 12.8. The van der Waals surface area contributed by atoms with Gasteiger partial charge in [0.05, 0.1) is 5.69 Å². The maximum Gasteiger partial charge on any atom is 0.193 e. The van der Waals surface area contributed by atoms with Crippen LogP contribution in [0.1, 0.15) is 15.9 Å². The normalized spacial score (nSPS) is 10.8. The van der Waals surface area contributed by atoms with Gasteiger partial charge in [0.15, 0.2) is 5.78 Å².